The van der Waals surface area contributed by atoms with Crippen LogP contribution in [0, 0.1) is 11.7 Å². The number of piperidine rings is 1. The molecule has 0 aliphatic carbocycles. The topological polar surface area (TPSA) is 58.3 Å². The van der Waals surface area contributed by atoms with Crippen molar-refractivity contribution < 1.29 is 13.2 Å². The Labute approximate surface area is 162 Å². The van der Waals surface area contributed by atoms with Gasteiger partial charge < -0.3 is 10.6 Å². The minimum atomic E-state index is -2.79. The Morgan fingerprint density at radius 2 is 1.79 bits per heavy atom. The summed E-state index contributed by atoms with van der Waals surface area (Å²) >= 11 is 0. The van der Waals surface area contributed by atoms with E-state index in [1.807, 2.05) is 4.90 Å². The first kappa shape index (κ1) is 19.0. The molecule has 150 valence electrons. The van der Waals surface area contributed by atoms with Crippen LogP contribution in [0.4, 0.5) is 24.8 Å². The molecular formula is C20H24F3N5. The van der Waals surface area contributed by atoms with E-state index in [0.717, 1.165) is 31.7 Å². The number of nitrogens with two attached hydrogens (primary N) is 1. The molecule has 2 N–H and O–H groups in total. The maximum absolute atomic E-state index is 14.6. The number of nitrogens with zero attached hydrogens (tertiary/aromatic N) is 4. The Morgan fingerprint density at radius 1 is 1.07 bits per heavy atom. The van der Waals surface area contributed by atoms with Crippen LogP contribution in [0.2, 0.25) is 0 Å². The highest BCUT2D eigenvalue weighted by atomic mass is 19.3. The van der Waals surface area contributed by atoms with Gasteiger partial charge in [-0.15, -0.1) is 0 Å². The molecule has 8 heteroatoms. The van der Waals surface area contributed by atoms with Crippen LogP contribution in [0.25, 0.3) is 0 Å². The third-order valence-corrected chi connectivity index (χ3v) is 5.79. The van der Waals surface area contributed by atoms with Gasteiger partial charge in [0.1, 0.15) is 23.8 Å². The number of anilines is 2. The van der Waals surface area contributed by atoms with Gasteiger partial charge in [-0.1, -0.05) is 12.1 Å². The van der Waals surface area contributed by atoms with Crippen LogP contribution in [-0.2, 0) is 0 Å². The van der Waals surface area contributed by atoms with Gasteiger partial charge in [-0.3, -0.25) is 4.90 Å². The van der Waals surface area contributed by atoms with Crippen LogP contribution in [0.15, 0.2) is 36.7 Å². The number of aromatic nitrogens is 2. The molecule has 1 aromatic heterocycles. The Bertz CT molecular complexity index is 806. The summed E-state index contributed by atoms with van der Waals surface area (Å²) in [5.41, 5.74) is 6.21. The van der Waals surface area contributed by atoms with Crippen molar-refractivity contribution in [2.45, 2.75) is 31.2 Å². The molecular weight excluding hydrogens is 367 g/mol. The first-order valence-corrected chi connectivity index (χ1v) is 9.62. The maximum Gasteiger partial charge on any atom is 0.268 e. The zero-order valence-corrected chi connectivity index (χ0v) is 15.6. The summed E-state index contributed by atoms with van der Waals surface area (Å²) in [7, 11) is 0. The summed E-state index contributed by atoms with van der Waals surface area (Å²) < 4.78 is 42.3. The highest BCUT2D eigenvalue weighted by molar-refractivity contribution is 5.46. The SMILES string of the molecule is Nc1cc(N2CCC(CN3CCC(F)(F)C3c3ccc(F)cc3)CC2)ncn1. The molecule has 4 rings (SSSR count). The Balaban J connectivity index is 1.40. The summed E-state index contributed by atoms with van der Waals surface area (Å²) in [4.78, 5) is 12.2. The summed E-state index contributed by atoms with van der Waals surface area (Å²) in [6, 6.07) is 6.25. The molecule has 2 fully saturated rings. The zero-order valence-electron chi connectivity index (χ0n) is 15.6. The van der Waals surface area contributed by atoms with E-state index in [0.29, 0.717) is 30.4 Å². The summed E-state index contributed by atoms with van der Waals surface area (Å²) in [6.07, 6.45) is 3.11. The molecule has 0 amide bonds. The monoisotopic (exact) mass is 391 g/mol. The van der Waals surface area contributed by atoms with Crippen LogP contribution < -0.4 is 10.6 Å². The molecule has 0 radical (unpaired) electrons. The Kier molecular flexibility index (Phi) is 5.14. The minimum Gasteiger partial charge on any atom is -0.384 e. The summed E-state index contributed by atoms with van der Waals surface area (Å²) in [5.74, 6) is -1.62. The number of likely N-dealkylation sites (tertiary alicyclic amines) is 1. The number of rotatable bonds is 4. The summed E-state index contributed by atoms with van der Waals surface area (Å²) in [5, 5.41) is 0. The number of alkyl halides is 2. The number of benzene rings is 1. The van der Waals surface area contributed by atoms with Gasteiger partial charge in [-0.2, -0.15) is 0 Å². The first-order valence-electron chi connectivity index (χ1n) is 9.62. The summed E-state index contributed by atoms with van der Waals surface area (Å²) in [6.45, 7) is 2.61. The lowest BCUT2D eigenvalue weighted by Crippen LogP contribution is -2.40. The fourth-order valence-electron chi connectivity index (χ4n) is 4.33. The molecule has 1 aromatic carbocycles. The van der Waals surface area contributed by atoms with Gasteiger partial charge >= 0.3 is 0 Å². The van der Waals surface area contributed by atoms with E-state index in [1.165, 1.54) is 30.6 Å². The maximum atomic E-state index is 14.6. The average Bonchev–Trinajstić information content (AvgIpc) is 2.97. The minimum absolute atomic E-state index is 0.159. The Morgan fingerprint density at radius 3 is 2.46 bits per heavy atom. The molecule has 2 aliphatic heterocycles. The highest BCUT2D eigenvalue weighted by Crippen LogP contribution is 2.45. The molecule has 28 heavy (non-hydrogen) atoms. The van der Waals surface area contributed by atoms with Crippen LogP contribution in [-0.4, -0.2) is 47.0 Å². The van der Waals surface area contributed by atoms with E-state index in [1.54, 1.807) is 6.07 Å². The molecule has 2 saturated heterocycles. The number of hydrogen-bond acceptors (Lipinski definition) is 5. The molecule has 5 nitrogen and oxygen atoms in total. The van der Waals surface area contributed by atoms with Gasteiger partial charge in [0, 0.05) is 38.7 Å². The highest BCUT2D eigenvalue weighted by Gasteiger charge is 2.49. The lowest BCUT2D eigenvalue weighted by molar-refractivity contribution is -0.0369. The quantitative estimate of drug-likeness (QED) is 0.865. The molecule has 1 unspecified atom stereocenters. The van der Waals surface area contributed by atoms with Crippen LogP contribution in [0.3, 0.4) is 0 Å². The van der Waals surface area contributed by atoms with Crippen molar-refractivity contribution in [1.29, 1.82) is 0 Å². The predicted molar refractivity (Wildman–Crippen MR) is 102 cm³/mol. The van der Waals surface area contributed by atoms with E-state index >= 15 is 0 Å². The second kappa shape index (κ2) is 7.58. The van der Waals surface area contributed by atoms with Crippen molar-refractivity contribution in [2.24, 2.45) is 5.92 Å². The van der Waals surface area contributed by atoms with E-state index < -0.39 is 17.8 Å². The van der Waals surface area contributed by atoms with Crippen molar-refractivity contribution >= 4 is 11.6 Å². The molecule has 0 bridgehead atoms. The lowest BCUT2D eigenvalue weighted by Gasteiger charge is -2.36. The second-order valence-electron chi connectivity index (χ2n) is 7.69. The van der Waals surface area contributed by atoms with Gasteiger partial charge in [0.15, 0.2) is 0 Å². The molecule has 3 heterocycles. The van der Waals surface area contributed by atoms with Gasteiger partial charge in [-0.25, -0.2) is 23.1 Å². The van der Waals surface area contributed by atoms with Gasteiger partial charge in [0.25, 0.3) is 5.92 Å². The molecule has 2 aliphatic rings. The van der Waals surface area contributed by atoms with Crippen molar-refractivity contribution in [3.63, 3.8) is 0 Å². The van der Waals surface area contributed by atoms with Crippen LogP contribution in [0.5, 0.6) is 0 Å². The van der Waals surface area contributed by atoms with Gasteiger partial charge in [0.2, 0.25) is 0 Å². The third kappa shape index (κ3) is 3.92. The molecule has 0 saturated carbocycles. The first-order chi connectivity index (χ1) is 13.4. The second-order valence-corrected chi connectivity index (χ2v) is 7.69. The van der Waals surface area contributed by atoms with Crippen LogP contribution in [0.1, 0.15) is 30.9 Å². The number of hydrogen-bond donors (Lipinski definition) is 1. The fraction of sp³-hybridized carbons (Fsp3) is 0.500. The van der Waals surface area contributed by atoms with Crippen molar-refractivity contribution in [2.75, 3.05) is 36.8 Å². The normalized spacial score (nSPS) is 23.2. The fourth-order valence-corrected chi connectivity index (χ4v) is 4.33. The largest absolute Gasteiger partial charge is 0.384 e. The number of nitrogen functional groups attached to an aromatic ring is 1. The van der Waals surface area contributed by atoms with Crippen molar-refractivity contribution in [3.8, 4) is 0 Å². The third-order valence-electron chi connectivity index (χ3n) is 5.79. The van der Waals surface area contributed by atoms with E-state index in [9.17, 15) is 13.2 Å². The molecule has 1 atom stereocenters. The predicted octanol–water partition coefficient (Wildman–Crippen LogP) is 3.50. The lowest BCUT2D eigenvalue weighted by atomic mass is 9.94. The van der Waals surface area contributed by atoms with Crippen molar-refractivity contribution in [3.05, 3.63) is 48.0 Å². The van der Waals surface area contributed by atoms with Crippen LogP contribution >= 0.6 is 0 Å². The van der Waals surface area contributed by atoms with Gasteiger partial charge in [0.05, 0.1) is 6.04 Å². The standard InChI is InChI=1S/C20H24F3N5/c21-16-3-1-15(2-4-16)19-20(22,23)7-10-28(19)12-14-5-8-27(9-6-14)18-11-17(24)25-13-26-18/h1-4,11,13-14,19H,5-10,12H2,(H2,24,25,26). The Hall–Kier alpha value is -2.35. The average molecular weight is 391 g/mol. The van der Waals surface area contributed by atoms with E-state index in [-0.39, 0.29) is 6.42 Å². The van der Waals surface area contributed by atoms with E-state index in [2.05, 4.69) is 14.9 Å². The molecule has 0 spiro atoms. The van der Waals surface area contributed by atoms with Gasteiger partial charge in [-0.05, 0) is 36.5 Å². The van der Waals surface area contributed by atoms with E-state index in [4.69, 9.17) is 5.73 Å². The zero-order chi connectivity index (χ0) is 19.7. The van der Waals surface area contributed by atoms with Crippen molar-refractivity contribution in [1.82, 2.24) is 14.9 Å². The molecule has 2 aromatic rings. The smallest absolute Gasteiger partial charge is 0.268 e. The number of halogens is 3.